The van der Waals surface area contributed by atoms with Gasteiger partial charge in [0, 0.05) is 50.9 Å². The van der Waals surface area contributed by atoms with Crippen LogP contribution in [0.15, 0.2) is 36.4 Å². The number of aromatic nitrogens is 8. The van der Waals surface area contributed by atoms with Crippen molar-refractivity contribution in [2.24, 2.45) is 17.2 Å². The van der Waals surface area contributed by atoms with Gasteiger partial charge in [0.15, 0.2) is 0 Å². The van der Waals surface area contributed by atoms with E-state index in [0.717, 1.165) is 11.2 Å². The second kappa shape index (κ2) is 17.7. The van der Waals surface area contributed by atoms with Crippen LogP contribution in [0.1, 0.15) is 92.2 Å². The molecule has 0 saturated carbocycles. The smallest absolute Gasteiger partial charge is 0.276 e. The molecule has 21 heteroatoms. The summed E-state index contributed by atoms with van der Waals surface area (Å²) in [6.45, 7) is 9.51. The van der Waals surface area contributed by atoms with Gasteiger partial charge in [-0.2, -0.15) is 10.2 Å². The number of amides is 5. The molecule has 1 aliphatic heterocycles. The fraction of sp³-hybridized carbons (Fsp3) is 0.390. The number of hydrogen-bond acceptors (Lipinski definition) is 12. The Labute approximate surface area is 355 Å². The standard InChI is InChI=1S/C41H51N15O6/c1-6-54-30(14-22(3)50-54)38(60)48-40-46-28-17-25(37(44)59)19-32(62-13-9-11-45-33(57)20-42)35(28)53(40)12-8-10-26-21-52(5)29-18-24(36(43)58)16-27-34(29)56(26)41(47-27)49-39(61)31-15-23(4)51-55(31)7-2/h14-19,26H,6-13,20-21,42H2,1-5H3,(H2,43,58)(H2,44,59)(H,45,57)(H,46,48,60)(H,47,49,61)/t26-/m0/s1. The van der Waals surface area contributed by atoms with E-state index in [-0.39, 0.29) is 48.1 Å². The van der Waals surface area contributed by atoms with Crippen LogP contribution in [0.3, 0.4) is 0 Å². The van der Waals surface area contributed by atoms with E-state index in [9.17, 15) is 24.0 Å². The van der Waals surface area contributed by atoms with E-state index < -0.39 is 17.7 Å². The zero-order chi connectivity index (χ0) is 44.4. The molecule has 0 unspecified atom stereocenters. The third-order valence-corrected chi connectivity index (χ3v) is 10.7. The van der Waals surface area contributed by atoms with Crippen molar-refractivity contribution in [1.29, 1.82) is 0 Å². The lowest BCUT2D eigenvalue weighted by molar-refractivity contribution is -0.119. The average molecular weight is 850 g/mol. The molecule has 0 aliphatic carbocycles. The molecular weight excluding hydrogens is 799 g/mol. The minimum Gasteiger partial charge on any atom is -0.491 e. The molecule has 21 nitrogen and oxygen atoms in total. The van der Waals surface area contributed by atoms with Gasteiger partial charge in [0.1, 0.15) is 22.7 Å². The Bertz CT molecular complexity index is 2730. The first-order chi connectivity index (χ1) is 29.7. The van der Waals surface area contributed by atoms with E-state index in [4.69, 9.17) is 31.9 Å². The second-order valence-electron chi connectivity index (χ2n) is 15.1. The molecule has 0 bridgehead atoms. The summed E-state index contributed by atoms with van der Waals surface area (Å²) < 4.78 is 13.3. The maximum absolute atomic E-state index is 13.8. The number of likely N-dealkylation sites (N-methyl/N-ethyl adjacent to an activating group) is 1. The summed E-state index contributed by atoms with van der Waals surface area (Å²) in [6.07, 6.45) is 1.50. The third-order valence-electron chi connectivity index (χ3n) is 10.7. The van der Waals surface area contributed by atoms with E-state index in [2.05, 4.69) is 26.1 Å². The van der Waals surface area contributed by atoms with Crippen molar-refractivity contribution < 1.29 is 28.7 Å². The van der Waals surface area contributed by atoms with E-state index >= 15 is 0 Å². The van der Waals surface area contributed by atoms with E-state index in [0.29, 0.717) is 103 Å². The minimum absolute atomic E-state index is 0.138. The van der Waals surface area contributed by atoms with Crippen LogP contribution in [0.5, 0.6) is 5.75 Å². The zero-order valence-corrected chi connectivity index (χ0v) is 35.3. The van der Waals surface area contributed by atoms with Gasteiger partial charge in [0.2, 0.25) is 29.6 Å². The van der Waals surface area contributed by atoms with E-state index in [1.807, 2.05) is 41.9 Å². The van der Waals surface area contributed by atoms with Crippen LogP contribution in [0.2, 0.25) is 0 Å². The highest BCUT2D eigenvalue weighted by Gasteiger charge is 2.31. The zero-order valence-electron chi connectivity index (χ0n) is 35.3. The predicted octanol–water partition coefficient (Wildman–Crippen LogP) is 2.45. The van der Waals surface area contributed by atoms with Crippen molar-refractivity contribution in [3.8, 4) is 5.75 Å². The summed E-state index contributed by atoms with van der Waals surface area (Å²) in [7, 11) is 1.92. The number of nitrogens with two attached hydrogens (primary N) is 3. The molecule has 9 N–H and O–H groups in total. The summed E-state index contributed by atoms with van der Waals surface area (Å²) in [6, 6.07) is 9.61. The Morgan fingerprint density at radius 1 is 0.790 bits per heavy atom. The lowest BCUT2D eigenvalue weighted by Crippen LogP contribution is -2.33. The number of rotatable bonds is 18. The van der Waals surface area contributed by atoms with Crippen molar-refractivity contribution in [2.45, 2.75) is 72.6 Å². The first kappa shape index (κ1) is 42.8. The Kier molecular flexibility index (Phi) is 12.3. The van der Waals surface area contributed by atoms with E-state index in [1.54, 1.807) is 52.7 Å². The predicted molar refractivity (Wildman–Crippen MR) is 231 cm³/mol. The lowest BCUT2D eigenvalue weighted by atomic mass is 10.0. The van der Waals surface area contributed by atoms with Gasteiger partial charge in [-0.05, 0) is 83.4 Å². The molecule has 7 rings (SSSR count). The third kappa shape index (κ3) is 8.51. The number of carbonyl (C=O) groups is 5. The Morgan fingerprint density at radius 2 is 1.37 bits per heavy atom. The molecule has 326 valence electrons. The van der Waals surface area contributed by atoms with Crippen molar-refractivity contribution >= 4 is 69.2 Å². The second-order valence-corrected chi connectivity index (χ2v) is 15.1. The molecule has 1 atom stereocenters. The number of ether oxygens (including phenoxy) is 1. The highest BCUT2D eigenvalue weighted by molar-refractivity contribution is 6.06. The van der Waals surface area contributed by atoms with Gasteiger partial charge in [-0.1, -0.05) is 0 Å². The van der Waals surface area contributed by atoms with Gasteiger partial charge in [-0.25, -0.2) is 9.97 Å². The number of nitrogens with zero attached hydrogens (tertiary/aromatic N) is 9. The molecule has 0 spiro atoms. The Morgan fingerprint density at radius 3 is 1.97 bits per heavy atom. The molecule has 62 heavy (non-hydrogen) atoms. The molecule has 0 radical (unpaired) electrons. The van der Waals surface area contributed by atoms with Crippen LogP contribution in [-0.2, 0) is 24.4 Å². The highest BCUT2D eigenvalue weighted by atomic mass is 16.5. The maximum atomic E-state index is 13.8. The number of imidazole rings is 2. The van der Waals surface area contributed by atoms with Crippen LogP contribution in [0.4, 0.5) is 17.6 Å². The number of nitrogens with one attached hydrogen (secondary N) is 3. The lowest BCUT2D eigenvalue weighted by Gasteiger charge is -2.34. The number of fused-ring (bicyclic) bond motifs is 1. The maximum Gasteiger partial charge on any atom is 0.276 e. The molecular formula is C41H51N15O6. The summed E-state index contributed by atoms with van der Waals surface area (Å²) >= 11 is 0. The largest absolute Gasteiger partial charge is 0.491 e. The van der Waals surface area contributed by atoms with Crippen LogP contribution in [-0.4, -0.2) is 101 Å². The average Bonchev–Trinajstić information content (AvgIpc) is 4.01. The minimum atomic E-state index is -0.692. The van der Waals surface area contributed by atoms with Crippen molar-refractivity contribution in [2.75, 3.05) is 48.8 Å². The van der Waals surface area contributed by atoms with Gasteiger partial charge < -0.3 is 41.3 Å². The van der Waals surface area contributed by atoms with Crippen molar-refractivity contribution in [3.63, 3.8) is 0 Å². The Balaban J connectivity index is 1.25. The van der Waals surface area contributed by atoms with Gasteiger partial charge in [-0.3, -0.25) is 44.0 Å². The van der Waals surface area contributed by atoms with Crippen molar-refractivity contribution in [3.05, 3.63) is 70.3 Å². The molecule has 0 fully saturated rings. The number of primary amides is 2. The van der Waals surface area contributed by atoms with Gasteiger partial charge >= 0.3 is 0 Å². The first-order valence-corrected chi connectivity index (χ1v) is 20.4. The van der Waals surface area contributed by atoms with Gasteiger partial charge in [0.25, 0.3) is 11.8 Å². The number of benzene rings is 2. The molecule has 5 heterocycles. The molecule has 4 aromatic heterocycles. The first-order valence-electron chi connectivity index (χ1n) is 20.4. The topological polar surface area (TPSA) is 283 Å². The summed E-state index contributed by atoms with van der Waals surface area (Å²) in [5.74, 6) is -1.59. The van der Waals surface area contributed by atoms with Crippen molar-refractivity contribution in [1.82, 2.24) is 44.0 Å². The van der Waals surface area contributed by atoms with Crippen LogP contribution < -0.4 is 42.8 Å². The fourth-order valence-corrected chi connectivity index (χ4v) is 7.91. The van der Waals surface area contributed by atoms with Crippen LogP contribution in [0, 0.1) is 13.8 Å². The Hall–Kier alpha value is -7.29. The summed E-state index contributed by atoms with van der Waals surface area (Å²) in [4.78, 5) is 75.9. The molecule has 5 amide bonds. The molecule has 1 aliphatic rings. The number of anilines is 3. The molecule has 0 saturated heterocycles. The fourth-order valence-electron chi connectivity index (χ4n) is 7.91. The van der Waals surface area contributed by atoms with Gasteiger partial charge in [-0.15, -0.1) is 0 Å². The monoisotopic (exact) mass is 849 g/mol. The molecule has 2 aromatic carbocycles. The summed E-state index contributed by atoms with van der Waals surface area (Å²) in [5.41, 5.74) is 22.3. The van der Waals surface area contributed by atoms with Crippen LogP contribution >= 0.6 is 0 Å². The van der Waals surface area contributed by atoms with E-state index in [1.165, 1.54) is 0 Å². The SMILES string of the molecule is CCn1nc(C)cc1C(=O)Nc1nc2cc(C(N)=O)cc(OCCCNC(=O)CN)c2n1CCC[C@H]1CN(C)c2cc(C(N)=O)cc3nc(NC(=O)c4cc(C)nn4CC)n1c23. The highest BCUT2D eigenvalue weighted by Crippen LogP contribution is 2.40. The number of aryl methyl sites for hydroxylation is 5. The summed E-state index contributed by atoms with van der Waals surface area (Å²) in [5, 5.41) is 17.6. The quantitative estimate of drug-likeness (QED) is 0.0681. The normalized spacial score (nSPS) is 13.5. The number of hydrogen-bond donors (Lipinski definition) is 6. The van der Waals surface area contributed by atoms with Crippen LogP contribution in [0.25, 0.3) is 22.1 Å². The molecule has 6 aromatic rings. The number of carbonyl (C=O) groups excluding carboxylic acids is 5. The van der Waals surface area contributed by atoms with Gasteiger partial charge in [0.05, 0.1) is 52.8 Å².